The van der Waals surface area contributed by atoms with E-state index in [1.165, 1.54) is 0 Å². The molecule has 0 radical (unpaired) electrons. The first-order valence-electron chi connectivity index (χ1n) is 1.07. The summed E-state index contributed by atoms with van der Waals surface area (Å²) in [6, 6.07) is 0. The van der Waals surface area contributed by atoms with Crippen LogP contribution >= 0.6 is 0 Å². The Balaban J connectivity index is 0. The molecular formula is C2CrO4-2. The second-order valence-corrected chi connectivity index (χ2v) is 0.575. The predicted octanol–water partition coefficient (Wildman–Crippen LogP) is -3.52. The molecule has 0 heterocycles. The molecule has 0 aliphatic rings. The van der Waals surface area contributed by atoms with Gasteiger partial charge in [-0.1, -0.05) is 0 Å². The van der Waals surface area contributed by atoms with Crippen molar-refractivity contribution < 1.29 is 37.2 Å². The van der Waals surface area contributed by atoms with Gasteiger partial charge in [0.25, 0.3) is 0 Å². The second-order valence-electron chi connectivity index (χ2n) is 0.575. The van der Waals surface area contributed by atoms with Crippen molar-refractivity contribution in [1.82, 2.24) is 0 Å². The molecule has 5 heteroatoms. The third-order valence-electron chi connectivity index (χ3n) is 0.167. The number of hydrogen-bond donors (Lipinski definition) is 0. The van der Waals surface area contributed by atoms with E-state index in [0.717, 1.165) is 0 Å². The first-order chi connectivity index (χ1) is 2.64. The van der Waals surface area contributed by atoms with E-state index >= 15 is 0 Å². The maximum atomic E-state index is 8.93. The minimum atomic E-state index is -2.19. The SMILES string of the molecule is O=C([O-])C(=O)[O-].[Cr]. The van der Waals surface area contributed by atoms with Gasteiger partial charge in [0.05, 0.1) is 11.9 Å². The normalized spacial score (nSPS) is 6.29. The molecule has 4 nitrogen and oxygen atoms in total. The van der Waals surface area contributed by atoms with Crippen molar-refractivity contribution in [3.8, 4) is 0 Å². The molecule has 0 aromatic carbocycles. The van der Waals surface area contributed by atoms with E-state index < -0.39 is 11.9 Å². The van der Waals surface area contributed by atoms with E-state index in [1.807, 2.05) is 0 Å². The van der Waals surface area contributed by atoms with Gasteiger partial charge >= 0.3 is 0 Å². The van der Waals surface area contributed by atoms with Crippen LogP contribution in [0.1, 0.15) is 0 Å². The van der Waals surface area contributed by atoms with E-state index in [1.54, 1.807) is 0 Å². The monoisotopic (exact) mass is 140 g/mol. The van der Waals surface area contributed by atoms with E-state index in [-0.39, 0.29) is 17.4 Å². The average Bonchev–Trinajstić information content (AvgIpc) is 1.36. The molecule has 0 bridgehead atoms. The smallest absolute Gasteiger partial charge is 0.0870 e. The summed E-state index contributed by atoms with van der Waals surface area (Å²) in [7, 11) is 0. The summed E-state index contributed by atoms with van der Waals surface area (Å²) in [5.74, 6) is -4.37. The van der Waals surface area contributed by atoms with Crippen LogP contribution in [-0.2, 0) is 27.0 Å². The Hall–Kier alpha value is -0.528. The van der Waals surface area contributed by atoms with Crippen LogP contribution in [0.25, 0.3) is 0 Å². The standard InChI is InChI=1S/C2H2O4.Cr/c3-1(4)2(5)6;/h(H,3,4)(H,5,6);/p-2. The molecule has 0 rings (SSSR count). The third-order valence-corrected chi connectivity index (χ3v) is 0.167. The van der Waals surface area contributed by atoms with Crippen molar-refractivity contribution in [2.45, 2.75) is 0 Å². The van der Waals surface area contributed by atoms with Gasteiger partial charge in [0.2, 0.25) is 0 Å². The summed E-state index contributed by atoms with van der Waals surface area (Å²) in [5, 5.41) is 17.9. The van der Waals surface area contributed by atoms with Crippen molar-refractivity contribution in [1.29, 1.82) is 0 Å². The Morgan fingerprint density at radius 3 is 1.14 bits per heavy atom. The maximum absolute atomic E-state index is 8.93. The molecule has 0 aromatic heterocycles. The Morgan fingerprint density at radius 1 is 1.00 bits per heavy atom. The number of carbonyl (C=O) groups excluding carboxylic acids is 2. The second kappa shape index (κ2) is 3.66. The molecule has 0 aliphatic heterocycles. The molecule has 0 unspecified atom stereocenters. The molecule has 0 saturated heterocycles. The zero-order valence-corrected chi connectivity index (χ0v) is 4.32. The summed E-state index contributed by atoms with van der Waals surface area (Å²) in [6.45, 7) is 0. The fourth-order valence-electron chi connectivity index (χ4n) is 0. The van der Waals surface area contributed by atoms with Gasteiger partial charge in [0, 0.05) is 17.4 Å². The Bertz CT molecular complexity index is 75.7. The fraction of sp³-hybridized carbons (Fsp3) is 0. The van der Waals surface area contributed by atoms with Crippen molar-refractivity contribution in [3.05, 3.63) is 0 Å². The molecule has 0 amide bonds. The van der Waals surface area contributed by atoms with Crippen molar-refractivity contribution >= 4 is 11.9 Å². The van der Waals surface area contributed by atoms with Gasteiger partial charge in [-0.05, 0) is 0 Å². The van der Waals surface area contributed by atoms with Crippen LogP contribution in [0.2, 0.25) is 0 Å². The molecule has 0 N–H and O–H groups in total. The van der Waals surface area contributed by atoms with Crippen LogP contribution in [0.15, 0.2) is 0 Å². The van der Waals surface area contributed by atoms with Crippen molar-refractivity contribution in [3.63, 3.8) is 0 Å². The third kappa shape index (κ3) is 5.47. The summed E-state index contributed by atoms with van der Waals surface area (Å²) in [4.78, 5) is 17.9. The molecule has 0 spiro atoms. The number of aliphatic carboxylic acids is 2. The first kappa shape index (κ1) is 9.69. The van der Waals surface area contributed by atoms with E-state index in [4.69, 9.17) is 19.8 Å². The number of carboxylic acids is 2. The zero-order chi connectivity index (χ0) is 5.15. The molecule has 0 fully saturated rings. The summed E-state index contributed by atoms with van der Waals surface area (Å²) in [6.07, 6.45) is 0. The first-order valence-corrected chi connectivity index (χ1v) is 1.07. The van der Waals surface area contributed by atoms with E-state index in [0.29, 0.717) is 0 Å². The molecule has 40 valence electrons. The van der Waals surface area contributed by atoms with E-state index in [9.17, 15) is 0 Å². The summed E-state index contributed by atoms with van der Waals surface area (Å²) >= 11 is 0. The zero-order valence-electron chi connectivity index (χ0n) is 3.04. The minimum absolute atomic E-state index is 0. The number of rotatable bonds is 0. The van der Waals surface area contributed by atoms with Gasteiger partial charge < -0.3 is 19.8 Å². The summed E-state index contributed by atoms with van der Waals surface area (Å²) < 4.78 is 0. The van der Waals surface area contributed by atoms with Gasteiger partial charge in [-0.25, -0.2) is 0 Å². The minimum Gasteiger partial charge on any atom is -0.543 e. The van der Waals surface area contributed by atoms with Crippen molar-refractivity contribution in [2.75, 3.05) is 0 Å². The maximum Gasteiger partial charge on any atom is 0.0870 e. The van der Waals surface area contributed by atoms with Gasteiger partial charge in [0.1, 0.15) is 0 Å². The van der Waals surface area contributed by atoms with Crippen LogP contribution in [0.4, 0.5) is 0 Å². The average molecular weight is 140 g/mol. The molecule has 0 aromatic rings. The molecule has 0 aliphatic carbocycles. The number of carbonyl (C=O) groups is 2. The topological polar surface area (TPSA) is 80.3 Å². The molecule has 7 heavy (non-hydrogen) atoms. The number of carboxylic acid groups (broad SMARTS) is 2. The number of hydrogen-bond acceptors (Lipinski definition) is 4. The Kier molecular flexibility index (Phi) is 5.06. The Labute approximate surface area is 49.9 Å². The van der Waals surface area contributed by atoms with Crippen LogP contribution in [0.3, 0.4) is 0 Å². The predicted molar refractivity (Wildman–Crippen MR) is 10.0 cm³/mol. The quantitative estimate of drug-likeness (QED) is 0.327. The van der Waals surface area contributed by atoms with Gasteiger partial charge in [-0.3, -0.25) is 0 Å². The van der Waals surface area contributed by atoms with Crippen LogP contribution in [0, 0.1) is 0 Å². The van der Waals surface area contributed by atoms with Gasteiger partial charge in [0.15, 0.2) is 0 Å². The molecular weight excluding hydrogens is 140 g/mol. The van der Waals surface area contributed by atoms with E-state index in [2.05, 4.69) is 0 Å². The largest absolute Gasteiger partial charge is 0.543 e. The summed E-state index contributed by atoms with van der Waals surface area (Å²) in [5.41, 5.74) is 0. The van der Waals surface area contributed by atoms with Crippen LogP contribution in [-0.4, -0.2) is 11.9 Å². The van der Waals surface area contributed by atoms with Crippen molar-refractivity contribution in [2.24, 2.45) is 0 Å². The van der Waals surface area contributed by atoms with Gasteiger partial charge in [-0.2, -0.15) is 0 Å². The molecule has 0 saturated carbocycles. The Morgan fingerprint density at radius 2 is 1.14 bits per heavy atom. The molecule has 0 atom stereocenters. The fourth-order valence-corrected chi connectivity index (χ4v) is 0. The van der Waals surface area contributed by atoms with Gasteiger partial charge in [-0.15, -0.1) is 0 Å². The van der Waals surface area contributed by atoms with Crippen LogP contribution < -0.4 is 10.2 Å². The van der Waals surface area contributed by atoms with Crippen LogP contribution in [0.5, 0.6) is 0 Å².